The molecule has 4 aliphatic rings. The lowest BCUT2D eigenvalue weighted by Crippen LogP contribution is -2.85. The molecule has 138 valence electrons. The van der Waals surface area contributed by atoms with Crippen LogP contribution in [-0.4, -0.2) is 97.3 Å². The first-order valence-electron chi connectivity index (χ1n) is 9.93. The highest BCUT2D eigenvalue weighted by Crippen LogP contribution is 2.36. The van der Waals surface area contributed by atoms with Crippen LogP contribution in [0.3, 0.4) is 0 Å². The fraction of sp³-hybridized carbons (Fsp3) is 1.00. The number of morpholine rings is 1. The van der Waals surface area contributed by atoms with Crippen molar-refractivity contribution >= 4 is 0 Å². The summed E-state index contributed by atoms with van der Waals surface area (Å²) in [6.07, 6.45) is 6.48. The minimum atomic E-state index is -0.202. The fourth-order valence-corrected chi connectivity index (χ4v) is 5.12. The average Bonchev–Trinajstić information content (AvgIpc) is 3.18. The van der Waals surface area contributed by atoms with Crippen LogP contribution < -0.4 is 11.1 Å². The van der Waals surface area contributed by atoms with E-state index in [0.29, 0.717) is 0 Å². The number of nitrogens with zero attached hydrogens (tertiary/aromatic N) is 4. The summed E-state index contributed by atoms with van der Waals surface area (Å²) < 4.78 is 5.61. The van der Waals surface area contributed by atoms with Gasteiger partial charge in [0.15, 0.2) is 5.79 Å². The number of nitrogens with one attached hydrogen (secondary N) is 1. The Labute approximate surface area is 146 Å². The van der Waals surface area contributed by atoms with Gasteiger partial charge in [-0.15, -0.1) is 0 Å². The van der Waals surface area contributed by atoms with E-state index < -0.39 is 0 Å². The summed E-state index contributed by atoms with van der Waals surface area (Å²) >= 11 is 0. The molecule has 4 heterocycles. The molecule has 7 nitrogen and oxygen atoms in total. The minimum absolute atomic E-state index is 0.0368. The lowest BCUT2D eigenvalue weighted by atomic mass is 10.0. The molecular weight excluding hydrogens is 304 g/mol. The van der Waals surface area contributed by atoms with Gasteiger partial charge in [0.05, 0.1) is 13.2 Å². The van der Waals surface area contributed by atoms with Crippen LogP contribution in [0.25, 0.3) is 0 Å². The zero-order chi connectivity index (χ0) is 16.4. The Kier molecular flexibility index (Phi) is 5.38. The van der Waals surface area contributed by atoms with E-state index >= 15 is 0 Å². The van der Waals surface area contributed by atoms with Gasteiger partial charge in [-0.25, -0.2) is 10.0 Å². The summed E-state index contributed by atoms with van der Waals surface area (Å²) in [4.78, 5) is 5.36. The molecule has 4 fully saturated rings. The highest BCUT2D eigenvalue weighted by atomic mass is 16.5. The predicted molar refractivity (Wildman–Crippen MR) is 94.0 cm³/mol. The molecule has 0 spiro atoms. The molecule has 0 bridgehead atoms. The summed E-state index contributed by atoms with van der Waals surface area (Å²) in [5.74, 6) is -0.202. The van der Waals surface area contributed by atoms with Crippen molar-refractivity contribution in [3.05, 3.63) is 0 Å². The molecule has 0 aromatic carbocycles. The van der Waals surface area contributed by atoms with E-state index in [9.17, 15) is 0 Å². The second-order valence-corrected chi connectivity index (χ2v) is 7.55. The first-order chi connectivity index (χ1) is 11.8. The molecule has 3 N–H and O–H groups in total. The Morgan fingerprint density at radius 3 is 2.00 bits per heavy atom. The Hall–Kier alpha value is -0.280. The third-order valence-corrected chi connectivity index (χ3v) is 6.21. The monoisotopic (exact) mass is 338 g/mol. The van der Waals surface area contributed by atoms with E-state index in [-0.39, 0.29) is 12.0 Å². The maximum atomic E-state index is 6.83. The number of hydrogen-bond acceptors (Lipinski definition) is 7. The Bertz CT molecular complexity index is 406. The Balaban J connectivity index is 1.69. The third kappa shape index (κ3) is 2.90. The second kappa shape index (κ2) is 7.53. The van der Waals surface area contributed by atoms with Crippen LogP contribution in [0.1, 0.15) is 32.1 Å². The molecule has 0 aromatic rings. The second-order valence-electron chi connectivity index (χ2n) is 7.55. The zero-order valence-corrected chi connectivity index (χ0v) is 15.0. The molecule has 4 rings (SSSR count). The highest BCUT2D eigenvalue weighted by Gasteiger charge is 2.56. The van der Waals surface area contributed by atoms with Gasteiger partial charge in [0, 0.05) is 52.4 Å². The molecule has 2 atom stereocenters. The molecule has 7 heteroatoms. The number of likely N-dealkylation sites (tertiary alicyclic amines) is 2. The fourth-order valence-electron chi connectivity index (χ4n) is 5.12. The summed E-state index contributed by atoms with van der Waals surface area (Å²) in [7, 11) is 0. The summed E-state index contributed by atoms with van der Waals surface area (Å²) in [6.45, 7) is 10.2. The van der Waals surface area contributed by atoms with Crippen molar-refractivity contribution in [1.82, 2.24) is 25.1 Å². The molecule has 0 amide bonds. The van der Waals surface area contributed by atoms with Crippen LogP contribution in [0.2, 0.25) is 0 Å². The van der Waals surface area contributed by atoms with Crippen molar-refractivity contribution in [3.8, 4) is 0 Å². The lowest BCUT2D eigenvalue weighted by molar-refractivity contribution is -0.282. The van der Waals surface area contributed by atoms with E-state index in [1.165, 1.54) is 32.1 Å². The SMILES string of the molecule is NC1NCCN(N2CCOCC2)C1(N1CCCCC1)N1CCCC1. The number of hydrogen-bond donors (Lipinski definition) is 2. The topological polar surface area (TPSA) is 60.2 Å². The van der Waals surface area contributed by atoms with Gasteiger partial charge >= 0.3 is 0 Å². The number of nitrogens with two attached hydrogens (primary N) is 1. The van der Waals surface area contributed by atoms with Crippen LogP contribution in [0.15, 0.2) is 0 Å². The van der Waals surface area contributed by atoms with Crippen molar-refractivity contribution in [2.75, 3.05) is 65.6 Å². The lowest BCUT2D eigenvalue weighted by Gasteiger charge is -2.63. The zero-order valence-electron chi connectivity index (χ0n) is 15.0. The number of rotatable bonds is 3. The van der Waals surface area contributed by atoms with Crippen molar-refractivity contribution < 1.29 is 4.74 Å². The maximum Gasteiger partial charge on any atom is 0.173 e. The molecule has 0 saturated carbocycles. The van der Waals surface area contributed by atoms with E-state index in [1.807, 2.05) is 0 Å². The Morgan fingerprint density at radius 1 is 0.792 bits per heavy atom. The Morgan fingerprint density at radius 2 is 1.38 bits per heavy atom. The number of piperazine rings is 1. The van der Waals surface area contributed by atoms with E-state index in [4.69, 9.17) is 10.5 Å². The van der Waals surface area contributed by atoms with Crippen molar-refractivity contribution in [3.63, 3.8) is 0 Å². The number of hydrazine groups is 1. The summed E-state index contributed by atoms with van der Waals surface area (Å²) in [5, 5.41) is 8.75. The molecule has 2 unspecified atom stereocenters. The van der Waals surface area contributed by atoms with E-state index in [1.54, 1.807) is 0 Å². The van der Waals surface area contributed by atoms with Gasteiger partial charge in [-0.1, -0.05) is 6.42 Å². The quantitative estimate of drug-likeness (QED) is 0.730. The smallest absolute Gasteiger partial charge is 0.173 e. The van der Waals surface area contributed by atoms with Crippen LogP contribution >= 0.6 is 0 Å². The average molecular weight is 339 g/mol. The van der Waals surface area contributed by atoms with Crippen LogP contribution in [0.5, 0.6) is 0 Å². The molecular formula is C17H34N6O. The largest absolute Gasteiger partial charge is 0.379 e. The predicted octanol–water partition coefficient (Wildman–Crippen LogP) is -0.341. The van der Waals surface area contributed by atoms with E-state index in [2.05, 4.69) is 25.1 Å². The van der Waals surface area contributed by atoms with Crippen LogP contribution in [0, 0.1) is 0 Å². The number of ether oxygens (including phenoxy) is 1. The van der Waals surface area contributed by atoms with Gasteiger partial charge < -0.3 is 10.5 Å². The molecule has 0 aliphatic carbocycles. The highest BCUT2D eigenvalue weighted by molar-refractivity contribution is 5.02. The minimum Gasteiger partial charge on any atom is -0.379 e. The van der Waals surface area contributed by atoms with Crippen molar-refractivity contribution in [2.45, 2.75) is 44.1 Å². The number of piperidine rings is 1. The van der Waals surface area contributed by atoms with Gasteiger partial charge in [0.25, 0.3) is 0 Å². The van der Waals surface area contributed by atoms with Gasteiger partial charge in [0.2, 0.25) is 0 Å². The van der Waals surface area contributed by atoms with Gasteiger partial charge in [0.1, 0.15) is 6.17 Å². The van der Waals surface area contributed by atoms with Crippen LogP contribution in [-0.2, 0) is 4.74 Å². The van der Waals surface area contributed by atoms with Gasteiger partial charge in [-0.3, -0.25) is 15.1 Å². The van der Waals surface area contributed by atoms with Gasteiger partial charge in [-0.05, 0) is 25.7 Å². The standard InChI is InChI=1S/C17H34N6O/c18-16-17(21-9-4-5-10-21,20-7-2-1-3-8-20)23(11-6-19-16)22-12-14-24-15-13-22/h16,19H,1-15,18H2. The molecule has 4 aliphatic heterocycles. The first kappa shape index (κ1) is 17.1. The molecule has 0 aromatic heterocycles. The van der Waals surface area contributed by atoms with Gasteiger partial charge in [-0.2, -0.15) is 0 Å². The first-order valence-corrected chi connectivity index (χ1v) is 9.93. The van der Waals surface area contributed by atoms with E-state index in [0.717, 1.165) is 65.6 Å². The summed E-state index contributed by atoms with van der Waals surface area (Å²) in [5.41, 5.74) is 6.83. The molecule has 4 saturated heterocycles. The maximum absolute atomic E-state index is 6.83. The summed E-state index contributed by atoms with van der Waals surface area (Å²) in [6, 6.07) is 0. The van der Waals surface area contributed by atoms with Crippen molar-refractivity contribution in [2.24, 2.45) is 5.73 Å². The van der Waals surface area contributed by atoms with Crippen LogP contribution in [0.4, 0.5) is 0 Å². The van der Waals surface area contributed by atoms with Crippen molar-refractivity contribution in [1.29, 1.82) is 0 Å². The third-order valence-electron chi connectivity index (χ3n) is 6.21. The molecule has 0 radical (unpaired) electrons. The molecule has 24 heavy (non-hydrogen) atoms. The normalized spacial score (nSPS) is 38.6.